The van der Waals surface area contributed by atoms with E-state index in [1.165, 1.54) is 19.3 Å². The maximum absolute atomic E-state index is 12.4. The van der Waals surface area contributed by atoms with Crippen molar-refractivity contribution in [2.45, 2.75) is 69.4 Å². The van der Waals surface area contributed by atoms with Crippen molar-refractivity contribution in [3.63, 3.8) is 0 Å². The van der Waals surface area contributed by atoms with E-state index in [2.05, 4.69) is 15.5 Å². The Morgan fingerprint density at radius 3 is 2.70 bits per heavy atom. The number of nitrogens with one attached hydrogen (secondary N) is 1. The molecule has 1 aromatic rings. The molecule has 1 aromatic heterocycles. The van der Waals surface area contributed by atoms with Crippen LogP contribution in [0.1, 0.15) is 75.5 Å². The Hall–Kier alpha value is -1.47. The maximum Gasteiger partial charge on any atom is 0.248 e. The Morgan fingerprint density at radius 2 is 2.00 bits per heavy atom. The number of hydrogen-bond acceptors (Lipinski definition) is 6. The molecule has 128 valence electrons. The van der Waals surface area contributed by atoms with Crippen LogP contribution in [0, 0.1) is 0 Å². The van der Waals surface area contributed by atoms with Crippen LogP contribution < -0.4 is 11.1 Å². The number of amides is 1. The average molecular weight is 322 g/mol. The van der Waals surface area contributed by atoms with Crippen LogP contribution in [0.2, 0.25) is 0 Å². The first kappa shape index (κ1) is 16.4. The Labute approximate surface area is 136 Å². The highest BCUT2D eigenvalue weighted by molar-refractivity contribution is 5.86. The minimum absolute atomic E-state index is 0.175. The van der Waals surface area contributed by atoms with E-state index in [-0.39, 0.29) is 11.9 Å². The summed E-state index contributed by atoms with van der Waals surface area (Å²) in [6, 6.07) is -0.337. The fourth-order valence-electron chi connectivity index (χ4n) is 3.31. The SMILES string of the molecule is CC(NC(=O)C1(N)CCOCC1)c1nc(C2CCCCC2)no1. The van der Waals surface area contributed by atoms with E-state index >= 15 is 0 Å². The lowest BCUT2D eigenvalue weighted by Crippen LogP contribution is -2.57. The molecule has 7 nitrogen and oxygen atoms in total. The van der Waals surface area contributed by atoms with E-state index in [1.807, 2.05) is 6.92 Å². The van der Waals surface area contributed by atoms with Gasteiger partial charge in [0.15, 0.2) is 5.82 Å². The molecule has 7 heteroatoms. The molecule has 0 radical (unpaired) electrons. The summed E-state index contributed by atoms with van der Waals surface area (Å²) in [6.07, 6.45) is 7.02. The minimum Gasteiger partial charge on any atom is -0.381 e. The molecule has 23 heavy (non-hydrogen) atoms. The van der Waals surface area contributed by atoms with Gasteiger partial charge in [-0.15, -0.1) is 0 Å². The number of nitrogens with two attached hydrogens (primary N) is 1. The number of carbonyl (C=O) groups excluding carboxylic acids is 1. The molecule has 2 fully saturated rings. The molecule has 1 aliphatic heterocycles. The van der Waals surface area contributed by atoms with Crippen molar-refractivity contribution < 1.29 is 14.1 Å². The summed E-state index contributed by atoms with van der Waals surface area (Å²) in [4.78, 5) is 16.9. The number of nitrogens with zero attached hydrogens (tertiary/aromatic N) is 2. The van der Waals surface area contributed by atoms with Gasteiger partial charge in [-0.1, -0.05) is 24.4 Å². The van der Waals surface area contributed by atoms with Crippen LogP contribution in [-0.4, -0.2) is 34.8 Å². The predicted octanol–water partition coefficient (Wildman–Crippen LogP) is 1.80. The van der Waals surface area contributed by atoms with Crippen LogP contribution in [0.4, 0.5) is 0 Å². The molecule has 3 rings (SSSR count). The average Bonchev–Trinajstić information content (AvgIpc) is 3.06. The van der Waals surface area contributed by atoms with Crippen molar-refractivity contribution in [3.8, 4) is 0 Å². The van der Waals surface area contributed by atoms with E-state index in [1.54, 1.807) is 0 Å². The van der Waals surface area contributed by atoms with Crippen LogP contribution in [0.3, 0.4) is 0 Å². The third kappa shape index (κ3) is 3.72. The largest absolute Gasteiger partial charge is 0.381 e. The van der Waals surface area contributed by atoms with Crippen LogP contribution >= 0.6 is 0 Å². The molecule has 1 atom stereocenters. The lowest BCUT2D eigenvalue weighted by atomic mass is 9.89. The summed E-state index contributed by atoms with van der Waals surface area (Å²) in [5.74, 6) is 1.44. The van der Waals surface area contributed by atoms with Crippen molar-refractivity contribution >= 4 is 5.91 Å². The van der Waals surface area contributed by atoms with E-state index in [0.29, 0.717) is 37.9 Å². The number of rotatable bonds is 4. The molecule has 3 N–H and O–H groups in total. The number of ether oxygens (including phenoxy) is 1. The van der Waals surface area contributed by atoms with Gasteiger partial charge in [0.1, 0.15) is 6.04 Å². The molecule has 0 bridgehead atoms. The summed E-state index contributed by atoms with van der Waals surface area (Å²) < 4.78 is 10.6. The van der Waals surface area contributed by atoms with Gasteiger partial charge < -0.3 is 20.3 Å². The number of aromatic nitrogens is 2. The number of carbonyl (C=O) groups is 1. The molecule has 0 spiro atoms. The maximum atomic E-state index is 12.4. The molecule has 1 saturated carbocycles. The Bertz CT molecular complexity index is 533. The molecule has 1 amide bonds. The molecular weight excluding hydrogens is 296 g/mol. The highest BCUT2D eigenvalue weighted by Gasteiger charge is 2.37. The van der Waals surface area contributed by atoms with Crippen molar-refractivity contribution in [1.82, 2.24) is 15.5 Å². The Kier molecular flexibility index (Phi) is 4.96. The Morgan fingerprint density at radius 1 is 1.30 bits per heavy atom. The lowest BCUT2D eigenvalue weighted by molar-refractivity contribution is -0.130. The normalized spacial score (nSPS) is 23.4. The zero-order valence-corrected chi connectivity index (χ0v) is 13.7. The van der Waals surface area contributed by atoms with Crippen LogP contribution in [0.25, 0.3) is 0 Å². The van der Waals surface area contributed by atoms with E-state index in [9.17, 15) is 4.79 Å². The number of hydrogen-bond donors (Lipinski definition) is 2. The highest BCUT2D eigenvalue weighted by atomic mass is 16.5. The second-order valence-electron chi connectivity index (χ2n) is 6.79. The van der Waals surface area contributed by atoms with Gasteiger partial charge in [0.2, 0.25) is 11.8 Å². The molecule has 2 aliphatic rings. The molecule has 1 saturated heterocycles. The van der Waals surface area contributed by atoms with Crippen LogP contribution in [-0.2, 0) is 9.53 Å². The predicted molar refractivity (Wildman–Crippen MR) is 83.7 cm³/mol. The van der Waals surface area contributed by atoms with E-state index < -0.39 is 5.54 Å². The van der Waals surface area contributed by atoms with Gasteiger partial charge in [0, 0.05) is 19.1 Å². The second-order valence-corrected chi connectivity index (χ2v) is 6.79. The van der Waals surface area contributed by atoms with Gasteiger partial charge >= 0.3 is 0 Å². The van der Waals surface area contributed by atoms with Gasteiger partial charge in [0.05, 0.1) is 5.54 Å². The van der Waals surface area contributed by atoms with Gasteiger partial charge in [-0.3, -0.25) is 4.79 Å². The molecular formula is C16H26N4O3. The van der Waals surface area contributed by atoms with Gasteiger partial charge in [-0.25, -0.2) is 0 Å². The molecule has 1 aliphatic carbocycles. The second kappa shape index (κ2) is 6.97. The zero-order chi connectivity index (χ0) is 16.3. The summed E-state index contributed by atoms with van der Waals surface area (Å²) in [5, 5.41) is 7.02. The Balaban J connectivity index is 1.60. The standard InChI is InChI=1S/C16H26N4O3/c1-11(18-15(21)16(17)7-9-22-10-8-16)14-19-13(20-23-14)12-5-3-2-4-6-12/h11-12H,2-10,17H2,1H3,(H,18,21). The van der Waals surface area contributed by atoms with Crippen molar-refractivity contribution in [2.75, 3.05) is 13.2 Å². The van der Waals surface area contributed by atoms with E-state index in [0.717, 1.165) is 18.7 Å². The first-order valence-corrected chi connectivity index (χ1v) is 8.59. The topological polar surface area (TPSA) is 103 Å². The first-order valence-electron chi connectivity index (χ1n) is 8.59. The summed E-state index contributed by atoms with van der Waals surface area (Å²) in [5.41, 5.74) is 5.33. The quantitative estimate of drug-likeness (QED) is 0.876. The van der Waals surface area contributed by atoms with Gasteiger partial charge in [-0.2, -0.15) is 4.98 Å². The molecule has 0 aromatic carbocycles. The lowest BCUT2D eigenvalue weighted by Gasteiger charge is -2.32. The monoisotopic (exact) mass is 322 g/mol. The summed E-state index contributed by atoms with van der Waals surface area (Å²) in [6.45, 7) is 2.88. The van der Waals surface area contributed by atoms with Gasteiger partial charge in [0.25, 0.3) is 0 Å². The molecule has 1 unspecified atom stereocenters. The van der Waals surface area contributed by atoms with Crippen molar-refractivity contribution in [3.05, 3.63) is 11.7 Å². The van der Waals surface area contributed by atoms with E-state index in [4.69, 9.17) is 15.0 Å². The van der Waals surface area contributed by atoms with Crippen LogP contribution in [0.5, 0.6) is 0 Å². The minimum atomic E-state index is -0.862. The summed E-state index contributed by atoms with van der Waals surface area (Å²) in [7, 11) is 0. The third-order valence-electron chi connectivity index (χ3n) is 4.98. The highest BCUT2D eigenvalue weighted by Crippen LogP contribution is 2.31. The zero-order valence-electron chi connectivity index (χ0n) is 13.7. The van der Waals surface area contributed by atoms with Crippen LogP contribution in [0.15, 0.2) is 4.52 Å². The van der Waals surface area contributed by atoms with Gasteiger partial charge in [-0.05, 0) is 32.6 Å². The van der Waals surface area contributed by atoms with Crippen molar-refractivity contribution in [2.24, 2.45) is 5.73 Å². The fraction of sp³-hybridized carbons (Fsp3) is 0.812. The smallest absolute Gasteiger partial charge is 0.248 e. The molecule has 2 heterocycles. The first-order chi connectivity index (χ1) is 11.1. The van der Waals surface area contributed by atoms with Crippen molar-refractivity contribution in [1.29, 1.82) is 0 Å². The third-order valence-corrected chi connectivity index (χ3v) is 4.98. The fourth-order valence-corrected chi connectivity index (χ4v) is 3.31. The summed E-state index contributed by atoms with van der Waals surface area (Å²) >= 11 is 0.